The van der Waals surface area contributed by atoms with E-state index in [4.69, 9.17) is 18.5 Å². The molecule has 0 fully saturated rings. The Balaban J connectivity index is 4.43. The Morgan fingerprint density at radius 2 is 1.02 bits per heavy atom. The minimum Gasteiger partial charge on any atom is -0.756 e. The van der Waals surface area contributed by atoms with Gasteiger partial charge in [0.1, 0.15) is 19.8 Å². The number of likely N-dealkylation sites (N-methyl/N-ethyl adjacent to an activating group) is 1. The molecule has 0 radical (unpaired) electrons. The fourth-order valence-corrected chi connectivity index (χ4v) is 6.20. The smallest absolute Gasteiger partial charge is 0.306 e. The fourth-order valence-electron chi connectivity index (χ4n) is 5.47. The van der Waals surface area contributed by atoms with Crippen molar-refractivity contribution in [3.05, 3.63) is 48.6 Å². The summed E-state index contributed by atoms with van der Waals surface area (Å²) in [4.78, 5) is 37.3. The van der Waals surface area contributed by atoms with Crippen LogP contribution in [0.3, 0.4) is 0 Å². The van der Waals surface area contributed by atoms with Crippen LogP contribution in [-0.2, 0) is 32.7 Å². The summed E-state index contributed by atoms with van der Waals surface area (Å²) in [7, 11) is 1.13. The molecule has 0 aliphatic rings. The Kier molecular flexibility index (Phi) is 35.2. The quantitative estimate of drug-likeness (QED) is 0.0200. The number of hydrogen-bond donors (Lipinski definition) is 0. The molecule has 0 N–H and O–H groups in total. The summed E-state index contributed by atoms with van der Waals surface area (Å²) in [5.41, 5.74) is 0. The Bertz CT molecular complexity index is 1070. The van der Waals surface area contributed by atoms with Gasteiger partial charge < -0.3 is 27.9 Å². The third-order valence-electron chi connectivity index (χ3n) is 8.85. The lowest BCUT2D eigenvalue weighted by molar-refractivity contribution is -0.870. The molecule has 0 rings (SSSR count). The van der Waals surface area contributed by atoms with Crippen molar-refractivity contribution in [3.63, 3.8) is 0 Å². The monoisotopic (exact) mass is 782 g/mol. The Morgan fingerprint density at radius 1 is 0.574 bits per heavy atom. The van der Waals surface area contributed by atoms with E-state index in [9.17, 15) is 19.0 Å². The molecule has 0 aliphatic heterocycles. The number of ether oxygens (including phenoxy) is 2. The molecule has 0 aromatic carbocycles. The number of nitrogens with zero attached hydrogens (tertiary/aromatic N) is 1. The van der Waals surface area contributed by atoms with Crippen molar-refractivity contribution >= 4 is 19.8 Å². The summed E-state index contributed by atoms with van der Waals surface area (Å²) in [6.45, 7) is 4.12. The van der Waals surface area contributed by atoms with Gasteiger partial charge in [-0.25, -0.2) is 0 Å². The van der Waals surface area contributed by atoms with Gasteiger partial charge in [-0.1, -0.05) is 152 Å². The molecule has 0 aromatic rings. The molecule has 0 saturated heterocycles. The van der Waals surface area contributed by atoms with Gasteiger partial charge in [-0.3, -0.25) is 14.2 Å². The van der Waals surface area contributed by atoms with Gasteiger partial charge >= 0.3 is 11.9 Å². The number of carbonyl (C=O) groups is 2. The Morgan fingerprint density at radius 3 is 1.54 bits per heavy atom. The molecule has 0 heterocycles. The van der Waals surface area contributed by atoms with Crippen molar-refractivity contribution in [2.75, 3.05) is 47.5 Å². The molecule has 0 amide bonds. The van der Waals surface area contributed by atoms with Crippen LogP contribution >= 0.6 is 7.82 Å². The molecular weight excluding hydrogens is 701 g/mol. The lowest BCUT2D eigenvalue weighted by Gasteiger charge is -2.28. The molecule has 0 bridgehead atoms. The molecule has 0 spiro atoms. The molecule has 2 atom stereocenters. The molecular formula is C44H80NO8P. The maximum absolute atomic E-state index is 12.6. The predicted molar refractivity (Wildman–Crippen MR) is 222 cm³/mol. The zero-order chi connectivity index (χ0) is 40.0. The van der Waals surface area contributed by atoms with Crippen LogP contribution in [0.15, 0.2) is 48.6 Å². The standard InChI is InChI=1S/C44H80NO8P/c1-6-8-10-12-14-16-17-18-19-20-21-22-23-24-25-26-27-29-31-33-35-37-44(47)53-42(41-52-54(48,49)51-39-38-45(3,4)5)40-50-43(46)36-34-32-30-28-15-13-11-9-7-2/h19-20,22-23,25-26,29,31,42H,6-18,21,24,27-28,30,32-41H2,1-5H3/b20-19+,23-22+,26-25+,31-29+/t42-/m1/s1. The van der Waals surface area contributed by atoms with E-state index in [1.54, 1.807) is 0 Å². The number of unbranched alkanes of at least 4 members (excludes halogenated alkanes) is 16. The number of phosphoric acid groups is 1. The molecule has 1 unspecified atom stereocenters. The summed E-state index contributed by atoms with van der Waals surface area (Å²) in [6.07, 6.45) is 41.6. The van der Waals surface area contributed by atoms with Crippen LogP contribution in [-0.4, -0.2) is 70.0 Å². The molecule has 54 heavy (non-hydrogen) atoms. The summed E-state index contributed by atoms with van der Waals surface area (Å²) < 4.78 is 33.7. The third kappa shape index (κ3) is 39.7. The summed E-state index contributed by atoms with van der Waals surface area (Å²) in [6, 6.07) is 0. The lowest BCUT2D eigenvalue weighted by Crippen LogP contribution is -2.37. The van der Waals surface area contributed by atoms with Crippen LogP contribution in [0.25, 0.3) is 0 Å². The van der Waals surface area contributed by atoms with Crippen LogP contribution in [0.4, 0.5) is 0 Å². The van der Waals surface area contributed by atoms with Gasteiger partial charge in [-0.2, -0.15) is 0 Å². The van der Waals surface area contributed by atoms with E-state index in [2.05, 4.69) is 56.4 Å². The van der Waals surface area contributed by atoms with E-state index in [0.717, 1.165) is 38.5 Å². The predicted octanol–water partition coefficient (Wildman–Crippen LogP) is 11.3. The molecule has 0 aliphatic carbocycles. The first-order chi connectivity index (χ1) is 26.0. The van der Waals surface area contributed by atoms with E-state index in [0.29, 0.717) is 23.9 Å². The molecule has 0 saturated carbocycles. The largest absolute Gasteiger partial charge is 0.756 e. The number of rotatable bonds is 38. The van der Waals surface area contributed by atoms with Gasteiger partial charge in [-0.05, 0) is 51.4 Å². The number of esters is 2. The van der Waals surface area contributed by atoms with Gasteiger partial charge in [0.05, 0.1) is 27.7 Å². The molecule has 10 heteroatoms. The minimum absolute atomic E-state index is 0.0416. The van der Waals surface area contributed by atoms with Gasteiger partial charge in [0, 0.05) is 12.8 Å². The average molecular weight is 782 g/mol. The number of phosphoric ester groups is 1. The number of hydrogen-bond acceptors (Lipinski definition) is 8. The Labute approximate surface area is 331 Å². The first-order valence-corrected chi connectivity index (χ1v) is 22.8. The second-order valence-corrected chi connectivity index (χ2v) is 16.8. The molecule has 0 aromatic heterocycles. The highest BCUT2D eigenvalue weighted by atomic mass is 31.2. The van der Waals surface area contributed by atoms with E-state index in [-0.39, 0.29) is 26.1 Å². The molecule has 9 nitrogen and oxygen atoms in total. The highest BCUT2D eigenvalue weighted by molar-refractivity contribution is 7.45. The van der Waals surface area contributed by atoms with E-state index >= 15 is 0 Å². The number of carbonyl (C=O) groups excluding carboxylic acids is 2. The van der Waals surface area contributed by atoms with Crippen molar-refractivity contribution in [2.45, 2.75) is 174 Å². The number of quaternary nitrogens is 1. The van der Waals surface area contributed by atoms with Crippen molar-refractivity contribution in [3.8, 4) is 0 Å². The summed E-state index contributed by atoms with van der Waals surface area (Å²) in [5, 5.41) is 0. The lowest BCUT2D eigenvalue weighted by atomic mass is 10.1. The summed E-state index contributed by atoms with van der Waals surface area (Å²) in [5.74, 6) is -0.904. The van der Waals surface area contributed by atoms with Crippen molar-refractivity contribution in [2.24, 2.45) is 0 Å². The fraction of sp³-hybridized carbons (Fsp3) is 0.773. The third-order valence-corrected chi connectivity index (χ3v) is 9.82. The second kappa shape index (κ2) is 36.6. The normalized spacial score (nSPS) is 14.1. The SMILES string of the molecule is CCCCCCCCC/C=C/C/C=C/C/C=C/C/C=C/CCCC(=O)O[C@H](COC(=O)CCCCCCCCCCC)COP(=O)([O-])OCC[N+](C)(C)C. The van der Waals surface area contributed by atoms with Crippen LogP contribution in [0.5, 0.6) is 0 Å². The van der Waals surface area contributed by atoms with Crippen LogP contribution in [0.2, 0.25) is 0 Å². The van der Waals surface area contributed by atoms with E-state index in [1.165, 1.54) is 89.9 Å². The maximum Gasteiger partial charge on any atom is 0.306 e. The van der Waals surface area contributed by atoms with Gasteiger partial charge in [0.2, 0.25) is 0 Å². The van der Waals surface area contributed by atoms with Gasteiger partial charge in [-0.15, -0.1) is 0 Å². The summed E-state index contributed by atoms with van der Waals surface area (Å²) >= 11 is 0. The van der Waals surface area contributed by atoms with Crippen molar-refractivity contribution in [1.82, 2.24) is 0 Å². The Hall–Kier alpha value is -2.03. The minimum atomic E-state index is -4.63. The van der Waals surface area contributed by atoms with Crippen molar-refractivity contribution < 1.29 is 42.1 Å². The zero-order valence-corrected chi connectivity index (χ0v) is 36.0. The van der Waals surface area contributed by atoms with Crippen LogP contribution in [0, 0.1) is 0 Å². The number of allylic oxidation sites excluding steroid dienone is 8. The topological polar surface area (TPSA) is 111 Å². The van der Waals surface area contributed by atoms with Crippen molar-refractivity contribution in [1.29, 1.82) is 0 Å². The van der Waals surface area contributed by atoms with Crippen LogP contribution < -0.4 is 4.89 Å². The van der Waals surface area contributed by atoms with Gasteiger partial charge in [0.25, 0.3) is 7.82 Å². The zero-order valence-electron chi connectivity index (χ0n) is 35.2. The first kappa shape index (κ1) is 52.0. The highest BCUT2D eigenvalue weighted by Crippen LogP contribution is 2.38. The van der Waals surface area contributed by atoms with E-state index < -0.39 is 32.5 Å². The van der Waals surface area contributed by atoms with Crippen LogP contribution in [0.1, 0.15) is 168 Å². The maximum atomic E-state index is 12.6. The highest BCUT2D eigenvalue weighted by Gasteiger charge is 2.21. The van der Waals surface area contributed by atoms with Gasteiger partial charge in [0.15, 0.2) is 6.10 Å². The average Bonchev–Trinajstić information content (AvgIpc) is 3.12. The molecule has 314 valence electrons. The van der Waals surface area contributed by atoms with E-state index in [1.807, 2.05) is 27.2 Å². The second-order valence-electron chi connectivity index (χ2n) is 15.4. The first-order valence-electron chi connectivity index (χ1n) is 21.3.